The van der Waals surface area contributed by atoms with Crippen LogP contribution in [-0.4, -0.2) is 52.1 Å². The van der Waals surface area contributed by atoms with E-state index in [2.05, 4.69) is 14.5 Å². The van der Waals surface area contributed by atoms with E-state index in [1.807, 2.05) is 43.3 Å². The van der Waals surface area contributed by atoms with Crippen LogP contribution in [0, 0.1) is 6.92 Å². The lowest BCUT2D eigenvalue weighted by atomic mass is 9.83. The van der Waals surface area contributed by atoms with E-state index >= 15 is 0 Å². The molecule has 1 amide bonds. The molecule has 1 spiro atoms. The van der Waals surface area contributed by atoms with Crippen molar-refractivity contribution in [3.63, 3.8) is 0 Å². The monoisotopic (exact) mass is 421 g/mol. The van der Waals surface area contributed by atoms with Crippen LogP contribution >= 0.6 is 0 Å². The van der Waals surface area contributed by atoms with Crippen molar-refractivity contribution in [1.29, 1.82) is 0 Å². The van der Waals surface area contributed by atoms with Crippen LogP contribution in [0.25, 0.3) is 10.9 Å². The Hall–Kier alpha value is -3.13. The standard InChI is InChI=1S/C23H27N5O3/c1-14-19(17-12-16(30-3)4-5-18(17)27(14)2)21(29)28-9-7-23(8-10-28)20-15(6-11-31-23)13-25-22(24)26-20/h4-5,12-13H,6-11H2,1-3H3,(H2,24,25,26). The summed E-state index contributed by atoms with van der Waals surface area (Å²) in [4.78, 5) is 24.2. The Labute approximate surface area is 181 Å². The summed E-state index contributed by atoms with van der Waals surface area (Å²) in [7, 11) is 3.63. The number of anilines is 1. The zero-order chi connectivity index (χ0) is 21.8. The molecular formula is C23H27N5O3. The summed E-state index contributed by atoms with van der Waals surface area (Å²) >= 11 is 0. The number of rotatable bonds is 2. The van der Waals surface area contributed by atoms with Gasteiger partial charge in [-0.25, -0.2) is 9.97 Å². The van der Waals surface area contributed by atoms with Gasteiger partial charge in [-0.2, -0.15) is 0 Å². The van der Waals surface area contributed by atoms with Crippen LogP contribution in [0.3, 0.4) is 0 Å². The van der Waals surface area contributed by atoms with Gasteiger partial charge in [-0.15, -0.1) is 0 Å². The number of carbonyl (C=O) groups is 1. The van der Waals surface area contributed by atoms with Gasteiger partial charge < -0.3 is 24.7 Å². The third-order valence-corrected chi connectivity index (χ3v) is 6.84. The predicted molar refractivity (Wildman–Crippen MR) is 117 cm³/mol. The van der Waals surface area contributed by atoms with Gasteiger partial charge in [0.1, 0.15) is 11.4 Å². The number of likely N-dealkylation sites (tertiary alicyclic amines) is 1. The molecule has 0 bridgehead atoms. The highest BCUT2D eigenvalue weighted by Gasteiger charge is 2.43. The predicted octanol–water partition coefficient (Wildman–Crippen LogP) is 2.57. The van der Waals surface area contributed by atoms with Crippen molar-refractivity contribution in [1.82, 2.24) is 19.4 Å². The number of ether oxygens (including phenoxy) is 2. The normalized spacial score (nSPS) is 17.7. The summed E-state index contributed by atoms with van der Waals surface area (Å²) in [5, 5.41) is 0.921. The molecule has 0 unspecified atom stereocenters. The first-order valence-corrected chi connectivity index (χ1v) is 10.6. The highest BCUT2D eigenvalue weighted by molar-refractivity contribution is 6.08. The average molecular weight is 422 g/mol. The molecule has 8 nitrogen and oxygen atoms in total. The fraction of sp³-hybridized carbons (Fsp3) is 0.435. The van der Waals surface area contributed by atoms with Crippen molar-refractivity contribution in [3.8, 4) is 5.75 Å². The van der Waals surface area contributed by atoms with Crippen LogP contribution in [0.2, 0.25) is 0 Å². The fourth-order valence-electron chi connectivity index (χ4n) is 4.98. The molecule has 2 aromatic heterocycles. The second-order valence-corrected chi connectivity index (χ2v) is 8.39. The molecular weight excluding hydrogens is 394 g/mol. The smallest absolute Gasteiger partial charge is 0.256 e. The van der Waals surface area contributed by atoms with Gasteiger partial charge in [0, 0.05) is 42.9 Å². The highest BCUT2D eigenvalue weighted by Crippen LogP contribution is 2.41. The lowest BCUT2D eigenvalue weighted by Crippen LogP contribution is -2.49. The number of amides is 1. The molecule has 1 aromatic carbocycles. The second-order valence-electron chi connectivity index (χ2n) is 8.39. The topological polar surface area (TPSA) is 95.5 Å². The molecule has 1 fully saturated rings. The van der Waals surface area contributed by atoms with Crippen molar-refractivity contribution in [3.05, 3.63) is 46.9 Å². The van der Waals surface area contributed by atoms with Crippen molar-refractivity contribution in [2.24, 2.45) is 7.05 Å². The minimum Gasteiger partial charge on any atom is -0.497 e. The van der Waals surface area contributed by atoms with Gasteiger partial charge in [-0.3, -0.25) is 4.79 Å². The van der Waals surface area contributed by atoms with Crippen LogP contribution in [-0.2, 0) is 23.8 Å². The lowest BCUT2D eigenvalue weighted by Gasteiger charge is -2.44. The molecule has 1 saturated heterocycles. The van der Waals surface area contributed by atoms with E-state index in [1.54, 1.807) is 7.11 Å². The van der Waals surface area contributed by atoms with Crippen LogP contribution in [0.5, 0.6) is 5.75 Å². The molecule has 4 heterocycles. The van der Waals surface area contributed by atoms with Gasteiger partial charge in [0.25, 0.3) is 5.91 Å². The Morgan fingerprint density at radius 2 is 2.06 bits per heavy atom. The molecule has 2 N–H and O–H groups in total. The fourth-order valence-corrected chi connectivity index (χ4v) is 4.98. The van der Waals surface area contributed by atoms with Gasteiger partial charge in [-0.05, 0) is 49.9 Å². The third kappa shape index (κ3) is 3.05. The maximum absolute atomic E-state index is 13.6. The van der Waals surface area contributed by atoms with Gasteiger partial charge in [0.05, 0.1) is 25.0 Å². The number of nitrogen functional groups attached to an aromatic ring is 1. The molecule has 5 rings (SSSR count). The summed E-state index contributed by atoms with van der Waals surface area (Å²) in [6.07, 6.45) is 3.98. The summed E-state index contributed by atoms with van der Waals surface area (Å²) < 4.78 is 13.7. The Bertz CT molecular complexity index is 1180. The Balaban J connectivity index is 1.45. The number of carbonyl (C=O) groups excluding carboxylic acids is 1. The first kappa shape index (κ1) is 19.8. The Morgan fingerprint density at radius 3 is 2.81 bits per heavy atom. The number of benzene rings is 1. The number of aromatic nitrogens is 3. The van der Waals surface area contributed by atoms with Gasteiger partial charge in [0.15, 0.2) is 0 Å². The highest BCUT2D eigenvalue weighted by atomic mass is 16.5. The number of hydrogen-bond acceptors (Lipinski definition) is 6. The average Bonchev–Trinajstić information content (AvgIpc) is 3.04. The van der Waals surface area contributed by atoms with Crippen molar-refractivity contribution >= 4 is 22.8 Å². The lowest BCUT2D eigenvalue weighted by molar-refractivity contribution is -0.0966. The van der Waals surface area contributed by atoms with Gasteiger partial charge in [-0.1, -0.05) is 0 Å². The Kier molecular flexibility index (Phi) is 4.62. The number of methoxy groups -OCH3 is 1. The molecule has 3 aromatic rings. The van der Waals surface area contributed by atoms with E-state index in [4.69, 9.17) is 15.2 Å². The van der Waals surface area contributed by atoms with Crippen LogP contribution in [0.15, 0.2) is 24.4 Å². The van der Waals surface area contributed by atoms with E-state index in [0.717, 1.165) is 45.6 Å². The second kappa shape index (κ2) is 7.23. The first-order chi connectivity index (χ1) is 14.9. The molecule has 162 valence electrons. The number of nitrogens with two attached hydrogens (primary N) is 1. The first-order valence-electron chi connectivity index (χ1n) is 10.6. The summed E-state index contributed by atoms with van der Waals surface area (Å²) in [6.45, 7) is 3.83. The maximum atomic E-state index is 13.6. The molecule has 0 radical (unpaired) electrons. The van der Waals surface area contributed by atoms with E-state index in [9.17, 15) is 4.79 Å². The van der Waals surface area contributed by atoms with Crippen molar-refractivity contribution in [2.75, 3.05) is 32.5 Å². The molecule has 2 aliphatic heterocycles. The van der Waals surface area contributed by atoms with E-state index < -0.39 is 5.60 Å². The number of piperidine rings is 1. The van der Waals surface area contributed by atoms with E-state index in [-0.39, 0.29) is 11.9 Å². The zero-order valence-corrected chi connectivity index (χ0v) is 18.1. The minimum atomic E-state index is -0.488. The number of fused-ring (bicyclic) bond motifs is 3. The minimum absolute atomic E-state index is 0.0458. The summed E-state index contributed by atoms with van der Waals surface area (Å²) in [6, 6.07) is 5.87. The largest absolute Gasteiger partial charge is 0.497 e. The molecule has 0 saturated carbocycles. The van der Waals surface area contributed by atoms with E-state index in [0.29, 0.717) is 32.5 Å². The number of hydrogen-bond donors (Lipinski definition) is 1. The molecule has 0 aliphatic carbocycles. The SMILES string of the molecule is COc1ccc2c(c1)c(C(=O)N1CCC3(CC1)OCCc1cnc(N)nc13)c(C)n2C. The van der Waals surface area contributed by atoms with Crippen LogP contribution in [0.4, 0.5) is 5.95 Å². The van der Waals surface area contributed by atoms with Crippen molar-refractivity contribution < 1.29 is 14.3 Å². The summed E-state index contributed by atoms with van der Waals surface area (Å²) in [5.74, 6) is 1.06. The molecule has 2 aliphatic rings. The maximum Gasteiger partial charge on any atom is 0.256 e. The third-order valence-electron chi connectivity index (χ3n) is 6.84. The molecule has 0 atom stereocenters. The van der Waals surface area contributed by atoms with Crippen molar-refractivity contribution in [2.45, 2.75) is 31.8 Å². The zero-order valence-electron chi connectivity index (χ0n) is 18.1. The molecule has 8 heteroatoms. The van der Waals surface area contributed by atoms with E-state index in [1.165, 1.54) is 0 Å². The van der Waals surface area contributed by atoms with Crippen LogP contribution in [0.1, 0.15) is 40.2 Å². The van der Waals surface area contributed by atoms with Gasteiger partial charge >= 0.3 is 0 Å². The summed E-state index contributed by atoms with van der Waals surface area (Å²) in [5.41, 5.74) is 10.1. The van der Waals surface area contributed by atoms with Crippen LogP contribution < -0.4 is 10.5 Å². The quantitative estimate of drug-likeness (QED) is 0.683. The number of nitrogens with zero attached hydrogens (tertiary/aromatic N) is 4. The molecule has 31 heavy (non-hydrogen) atoms. The van der Waals surface area contributed by atoms with Gasteiger partial charge in [0.2, 0.25) is 5.95 Å². The Morgan fingerprint density at radius 1 is 1.29 bits per heavy atom. The number of aryl methyl sites for hydroxylation is 1.